The Morgan fingerprint density at radius 3 is 1.95 bits per heavy atom. The summed E-state index contributed by atoms with van der Waals surface area (Å²) >= 11 is 0. The van der Waals surface area contributed by atoms with Crippen molar-refractivity contribution in [3.8, 4) is 0 Å². The van der Waals surface area contributed by atoms with E-state index in [9.17, 15) is 34.5 Å². The number of esters is 4. The number of carbonyl (C=O) groups is 4. The summed E-state index contributed by atoms with van der Waals surface area (Å²) in [6.45, 7) is 14.1. The van der Waals surface area contributed by atoms with E-state index in [1.165, 1.54) is 5.57 Å². The Morgan fingerprint density at radius 2 is 1.34 bits per heavy atom. The molecule has 1 fully saturated rings. The number of ether oxygens (including phenoxy) is 4. The third-order valence-electron chi connectivity index (χ3n) is 13.7. The number of aliphatic hydroxyl groups excluding tert-OH is 3. The molecule has 0 aromatic heterocycles. The largest absolute Gasteiger partial charge is 0.462 e. The second-order valence-electron chi connectivity index (χ2n) is 18.3. The van der Waals surface area contributed by atoms with Crippen LogP contribution in [0.5, 0.6) is 0 Å². The van der Waals surface area contributed by atoms with Crippen LogP contribution >= 0.6 is 0 Å². The Balaban J connectivity index is 1.10. The van der Waals surface area contributed by atoms with Crippen molar-refractivity contribution < 1.29 is 53.4 Å². The fourth-order valence-corrected chi connectivity index (χ4v) is 9.89. The Labute approximate surface area is 345 Å². The van der Waals surface area contributed by atoms with Crippen molar-refractivity contribution in [1.82, 2.24) is 0 Å². The molecular formula is C47H70O11. The van der Waals surface area contributed by atoms with Crippen LogP contribution in [-0.2, 0) is 38.1 Å². The van der Waals surface area contributed by atoms with Crippen LogP contribution in [0.4, 0.5) is 0 Å². The van der Waals surface area contributed by atoms with Gasteiger partial charge in [-0.05, 0) is 92.1 Å². The summed E-state index contributed by atoms with van der Waals surface area (Å²) in [5.41, 5.74) is 2.14. The summed E-state index contributed by atoms with van der Waals surface area (Å²) in [4.78, 5) is 51.4. The first-order valence-corrected chi connectivity index (χ1v) is 22.2. The summed E-state index contributed by atoms with van der Waals surface area (Å²) in [6, 6.07) is 0. The van der Waals surface area contributed by atoms with Gasteiger partial charge < -0.3 is 34.3 Å². The predicted octanol–water partition coefficient (Wildman–Crippen LogP) is 7.12. The summed E-state index contributed by atoms with van der Waals surface area (Å²) in [5.74, 6) is -1.05. The molecule has 58 heavy (non-hydrogen) atoms. The minimum absolute atomic E-state index is 0.0159. The molecule has 0 saturated carbocycles. The maximum absolute atomic E-state index is 13.0. The van der Waals surface area contributed by atoms with Gasteiger partial charge >= 0.3 is 23.9 Å². The van der Waals surface area contributed by atoms with Gasteiger partial charge in [-0.25, -0.2) is 0 Å². The Bertz CT molecular complexity index is 1560. The number of cyclic esters (lactones) is 1. The van der Waals surface area contributed by atoms with E-state index in [-0.39, 0.29) is 84.6 Å². The maximum atomic E-state index is 13.0. The molecule has 16 atom stereocenters. The number of hydrogen-bond donors (Lipinski definition) is 3. The third kappa shape index (κ3) is 11.9. The zero-order valence-electron chi connectivity index (χ0n) is 35.8. The highest BCUT2D eigenvalue weighted by Crippen LogP contribution is 2.46. The smallest absolute Gasteiger partial charge is 0.309 e. The van der Waals surface area contributed by atoms with Crippen LogP contribution < -0.4 is 0 Å². The normalized spacial score (nSPS) is 35.2. The molecule has 0 amide bonds. The molecule has 0 bridgehead atoms. The molecule has 1 heterocycles. The van der Waals surface area contributed by atoms with Crippen molar-refractivity contribution in [2.75, 3.05) is 0 Å². The standard InChI is InChI=1S/C47H70O11/c1-8-27(4)46(53)57-40-19-26(3)18-31-12-10-30(7)39(44(31)40)17-15-36-24-37(25-43(52)55-36)56-42(51)23-35(50)21-33(48)14-16-38-29(6)11-13-32-20-34(49)22-41(45(32)38)58-47(54)28(5)9-2/h10-13,18,20,26-30,33-41,44-45,48-50H,8-9,14-17,19,21-25H2,1-7H3/t26-,27-,28-,29-,30-,33+,34+,35+,36-,37+,38-,39-,40-,41-,44-,45-/m0/s1. The lowest BCUT2D eigenvalue weighted by Crippen LogP contribution is -2.43. The van der Waals surface area contributed by atoms with Gasteiger partial charge in [0, 0.05) is 24.7 Å². The van der Waals surface area contributed by atoms with E-state index in [0.717, 1.165) is 24.8 Å². The third-order valence-corrected chi connectivity index (χ3v) is 13.7. The highest BCUT2D eigenvalue weighted by atomic mass is 16.6. The molecule has 1 aliphatic heterocycles. The van der Waals surface area contributed by atoms with E-state index >= 15 is 0 Å². The van der Waals surface area contributed by atoms with Crippen molar-refractivity contribution in [1.29, 1.82) is 0 Å². The summed E-state index contributed by atoms with van der Waals surface area (Å²) in [7, 11) is 0. The molecule has 0 spiro atoms. The molecule has 0 aromatic rings. The van der Waals surface area contributed by atoms with E-state index < -0.39 is 48.6 Å². The average molecular weight is 811 g/mol. The molecule has 4 aliphatic carbocycles. The quantitative estimate of drug-likeness (QED) is 0.101. The lowest BCUT2D eigenvalue weighted by atomic mass is 9.65. The zero-order valence-corrected chi connectivity index (χ0v) is 35.8. The highest BCUT2D eigenvalue weighted by Gasteiger charge is 2.44. The van der Waals surface area contributed by atoms with Crippen molar-refractivity contribution in [2.45, 2.75) is 168 Å². The van der Waals surface area contributed by atoms with Crippen LogP contribution in [0.2, 0.25) is 0 Å². The molecule has 5 aliphatic rings. The Hall–Kier alpha value is -3.28. The van der Waals surface area contributed by atoms with E-state index in [1.54, 1.807) is 0 Å². The maximum Gasteiger partial charge on any atom is 0.309 e. The zero-order chi connectivity index (χ0) is 42.3. The molecule has 1 saturated heterocycles. The Morgan fingerprint density at radius 1 is 0.776 bits per heavy atom. The van der Waals surface area contributed by atoms with E-state index in [4.69, 9.17) is 18.9 Å². The van der Waals surface area contributed by atoms with E-state index in [1.807, 2.05) is 39.8 Å². The SMILES string of the molecule is CC[C@H](C)C(=O)O[C@H]1C[C@H](O)C=C2C=C[C@H](C)[C@H](CC[C@@H](O)C[C@@H](O)CC(=O)O[C@H]3CC(=O)O[C@@H](CC[C@@H]4[C@@H]5C(=C[C@H](C)C[C@@H]5OC(=O)[C@@H](C)CC)C=C[C@@H]4C)C3)[C@H]21. The van der Waals surface area contributed by atoms with Gasteiger partial charge in [0.1, 0.15) is 24.4 Å². The van der Waals surface area contributed by atoms with Crippen LogP contribution in [0.3, 0.4) is 0 Å². The monoisotopic (exact) mass is 810 g/mol. The van der Waals surface area contributed by atoms with Crippen molar-refractivity contribution in [3.05, 3.63) is 47.6 Å². The van der Waals surface area contributed by atoms with Gasteiger partial charge in [0.2, 0.25) is 0 Å². The first-order valence-electron chi connectivity index (χ1n) is 22.2. The van der Waals surface area contributed by atoms with E-state index in [0.29, 0.717) is 44.4 Å². The number of carbonyl (C=O) groups excluding carboxylic acids is 4. The first kappa shape index (κ1) is 45.8. The van der Waals surface area contributed by atoms with Gasteiger partial charge in [-0.2, -0.15) is 0 Å². The molecular weight excluding hydrogens is 741 g/mol. The molecule has 5 rings (SSSR count). The van der Waals surface area contributed by atoms with Crippen molar-refractivity contribution in [3.63, 3.8) is 0 Å². The van der Waals surface area contributed by atoms with Gasteiger partial charge in [-0.1, -0.05) is 84.9 Å². The number of rotatable bonds is 17. The minimum atomic E-state index is -1.13. The molecule has 0 radical (unpaired) electrons. The van der Waals surface area contributed by atoms with Gasteiger partial charge in [-0.3, -0.25) is 19.2 Å². The number of fused-ring (bicyclic) bond motifs is 2. The summed E-state index contributed by atoms with van der Waals surface area (Å²) < 4.78 is 23.6. The van der Waals surface area contributed by atoms with Crippen LogP contribution in [0.25, 0.3) is 0 Å². The van der Waals surface area contributed by atoms with Gasteiger partial charge in [0.05, 0.1) is 43.0 Å². The molecule has 11 nitrogen and oxygen atoms in total. The number of allylic oxidation sites excluding steroid dienone is 5. The molecule has 0 unspecified atom stereocenters. The topological polar surface area (TPSA) is 166 Å². The predicted molar refractivity (Wildman–Crippen MR) is 219 cm³/mol. The summed E-state index contributed by atoms with van der Waals surface area (Å²) in [5, 5.41) is 32.4. The Kier molecular flexibility index (Phi) is 16.4. The van der Waals surface area contributed by atoms with Gasteiger partial charge in [0.25, 0.3) is 0 Å². The first-order chi connectivity index (χ1) is 27.6. The second-order valence-corrected chi connectivity index (χ2v) is 18.3. The van der Waals surface area contributed by atoms with Crippen molar-refractivity contribution >= 4 is 23.9 Å². The second kappa shape index (κ2) is 20.8. The van der Waals surface area contributed by atoms with Crippen LogP contribution in [0.1, 0.15) is 126 Å². The molecule has 11 heteroatoms. The van der Waals surface area contributed by atoms with Gasteiger partial charge in [0.15, 0.2) is 0 Å². The highest BCUT2D eigenvalue weighted by molar-refractivity contribution is 5.74. The van der Waals surface area contributed by atoms with Gasteiger partial charge in [-0.15, -0.1) is 0 Å². The number of hydrogen-bond acceptors (Lipinski definition) is 11. The number of aliphatic hydroxyl groups is 3. The van der Waals surface area contributed by atoms with Crippen LogP contribution in [0, 0.1) is 53.3 Å². The minimum Gasteiger partial charge on any atom is -0.462 e. The summed E-state index contributed by atoms with van der Waals surface area (Å²) in [6.07, 6.45) is 12.8. The molecule has 3 N–H and O–H groups in total. The lowest BCUT2D eigenvalue weighted by Gasteiger charge is -2.43. The molecule has 324 valence electrons. The van der Waals surface area contributed by atoms with Crippen molar-refractivity contribution in [2.24, 2.45) is 53.3 Å². The fourth-order valence-electron chi connectivity index (χ4n) is 9.89. The van der Waals surface area contributed by atoms with Crippen LogP contribution in [0.15, 0.2) is 47.6 Å². The lowest BCUT2D eigenvalue weighted by molar-refractivity contribution is -0.171. The van der Waals surface area contributed by atoms with E-state index in [2.05, 4.69) is 45.1 Å². The molecule has 0 aromatic carbocycles. The average Bonchev–Trinajstić information content (AvgIpc) is 3.16. The fraction of sp³-hybridized carbons (Fsp3) is 0.745. The van der Waals surface area contributed by atoms with Crippen LogP contribution in [-0.4, -0.2) is 81.9 Å².